The molecule has 7 heteroatoms. The summed E-state index contributed by atoms with van der Waals surface area (Å²) in [6, 6.07) is 13.3. The molecular weight excluding hydrogens is 334 g/mol. The van der Waals surface area contributed by atoms with Crippen molar-refractivity contribution >= 4 is 35.0 Å². The quantitative estimate of drug-likeness (QED) is 0.508. The van der Waals surface area contributed by atoms with Gasteiger partial charge in [0.15, 0.2) is 0 Å². The second-order valence-electron chi connectivity index (χ2n) is 5.80. The first-order valence-electron chi connectivity index (χ1n) is 8.18. The largest absolute Gasteiger partial charge is 0.321 e. The first-order valence-corrected chi connectivity index (χ1v) is 8.18. The summed E-state index contributed by atoms with van der Waals surface area (Å²) in [4.78, 5) is 36.4. The maximum atomic E-state index is 12.2. The number of benzene rings is 2. The van der Waals surface area contributed by atoms with Gasteiger partial charge in [0, 0.05) is 25.1 Å². The van der Waals surface area contributed by atoms with Crippen LogP contribution in [0.3, 0.4) is 0 Å². The molecule has 2 aromatic carbocycles. The van der Waals surface area contributed by atoms with Crippen molar-refractivity contribution in [1.29, 1.82) is 0 Å². The summed E-state index contributed by atoms with van der Waals surface area (Å²) in [7, 11) is 0. The third-order valence-electron chi connectivity index (χ3n) is 4.07. The lowest BCUT2D eigenvalue weighted by Crippen LogP contribution is -2.25. The maximum absolute atomic E-state index is 12.2. The van der Waals surface area contributed by atoms with E-state index in [-0.39, 0.29) is 11.6 Å². The normalized spacial score (nSPS) is 14.0. The van der Waals surface area contributed by atoms with Crippen molar-refractivity contribution in [3.63, 3.8) is 0 Å². The number of anilines is 2. The minimum Gasteiger partial charge on any atom is -0.321 e. The molecule has 0 bridgehead atoms. The molecule has 0 unspecified atom stereocenters. The summed E-state index contributed by atoms with van der Waals surface area (Å²) in [5.41, 5.74) is 1.46. The highest BCUT2D eigenvalue weighted by Gasteiger charge is 2.23. The first kappa shape index (κ1) is 17.3. The fraction of sp³-hybridized carbons (Fsp3) is 0.158. The van der Waals surface area contributed by atoms with Gasteiger partial charge < -0.3 is 10.2 Å². The number of rotatable bonds is 5. The molecule has 1 fully saturated rings. The Balaban J connectivity index is 1.77. The summed E-state index contributed by atoms with van der Waals surface area (Å²) in [6.45, 7) is 0.623. The zero-order valence-electron chi connectivity index (χ0n) is 13.9. The van der Waals surface area contributed by atoms with Gasteiger partial charge in [0.25, 0.3) is 5.69 Å². The van der Waals surface area contributed by atoms with Crippen LogP contribution in [0, 0.1) is 10.1 Å². The third kappa shape index (κ3) is 3.77. The monoisotopic (exact) mass is 351 g/mol. The van der Waals surface area contributed by atoms with Crippen LogP contribution in [0.5, 0.6) is 0 Å². The lowest BCUT2D eigenvalue weighted by Gasteiger charge is -2.19. The molecule has 3 rings (SSSR count). The number of amides is 2. The summed E-state index contributed by atoms with van der Waals surface area (Å²) >= 11 is 0. The smallest absolute Gasteiger partial charge is 0.276 e. The average Bonchev–Trinajstić information content (AvgIpc) is 3.06. The molecule has 0 saturated carbocycles. The Morgan fingerprint density at radius 1 is 1.15 bits per heavy atom. The number of carbonyl (C=O) groups is 2. The highest BCUT2D eigenvalue weighted by Crippen LogP contribution is 2.29. The van der Waals surface area contributed by atoms with Crippen LogP contribution in [-0.2, 0) is 9.59 Å². The SMILES string of the molecule is O=C(/C=C/c1ccccc1[N+](=O)[O-])Nc1ccccc1N1CCCC1=O. The Morgan fingerprint density at radius 3 is 2.62 bits per heavy atom. The Labute approximate surface area is 150 Å². The van der Waals surface area contributed by atoms with Gasteiger partial charge in [-0.15, -0.1) is 0 Å². The Kier molecular flexibility index (Phi) is 5.07. The molecule has 1 aliphatic heterocycles. The lowest BCUT2D eigenvalue weighted by molar-refractivity contribution is -0.385. The topological polar surface area (TPSA) is 92.5 Å². The van der Waals surface area contributed by atoms with Gasteiger partial charge in [-0.25, -0.2) is 0 Å². The molecule has 0 atom stereocenters. The number of para-hydroxylation sites is 3. The second kappa shape index (κ2) is 7.60. The van der Waals surface area contributed by atoms with Crippen LogP contribution < -0.4 is 10.2 Å². The molecular formula is C19H17N3O4. The van der Waals surface area contributed by atoms with Crippen molar-refractivity contribution in [1.82, 2.24) is 0 Å². The summed E-state index contributed by atoms with van der Waals surface area (Å²) in [5, 5.41) is 13.8. The predicted octanol–water partition coefficient (Wildman–Crippen LogP) is 3.37. The average molecular weight is 351 g/mol. The van der Waals surface area contributed by atoms with E-state index in [1.807, 2.05) is 0 Å². The van der Waals surface area contributed by atoms with Crippen LogP contribution in [0.4, 0.5) is 17.1 Å². The fourth-order valence-corrected chi connectivity index (χ4v) is 2.85. The summed E-state index contributed by atoms with van der Waals surface area (Å²) in [6.07, 6.45) is 3.93. The second-order valence-corrected chi connectivity index (χ2v) is 5.80. The van der Waals surface area contributed by atoms with Gasteiger partial charge in [-0.05, 0) is 30.7 Å². The zero-order valence-corrected chi connectivity index (χ0v) is 13.9. The van der Waals surface area contributed by atoms with E-state index in [0.717, 1.165) is 6.42 Å². The van der Waals surface area contributed by atoms with Gasteiger partial charge in [-0.3, -0.25) is 19.7 Å². The molecule has 0 spiro atoms. The number of nitro benzene ring substituents is 1. The van der Waals surface area contributed by atoms with Gasteiger partial charge in [0.1, 0.15) is 0 Å². The van der Waals surface area contributed by atoms with Crippen LogP contribution in [0.2, 0.25) is 0 Å². The summed E-state index contributed by atoms with van der Waals surface area (Å²) in [5.74, 6) is -0.399. The standard InChI is InChI=1S/C19H17N3O4/c23-18(12-11-14-6-1-3-8-16(14)22(25)26)20-15-7-2-4-9-17(15)21-13-5-10-19(21)24/h1-4,6-9,11-12H,5,10,13H2,(H,20,23)/b12-11+. The van der Waals surface area contributed by atoms with Gasteiger partial charge in [-0.2, -0.15) is 0 Å². The van der Waals surface area contributed by atoms with Crippen LogP contribution in [0.15, 0.2) is 54.6 Å². The lowest BCUT2D eigenvalue weighted by atomic mass is 10.1. The molecule has 2 aromatic rings. The van der Waals surface area contributed by atoms with E-state index in [2.05, 4.69) is 5.32 Å². The van der Waals surface area contributed by atoms with E-state index in [1.54, 1.807) is 47.4 Å². The van der Waals surface area contributed by atoms with E-state index < -0.39 is 10.8 Å². The highest BCUT2D eigenvalue weighted by molar-refractivity contribution is 6.06. The van der Waals surface area contributed by atoms with Crippen molar-refractivity contribution in [2.45, 2.75) is 12.8 Å². The van der Waals surface area contributed by atoms with Crippen LogP contribution in [-0.4, -0.2) is 23.3 Å². The highest BCUT2D eigenvalue weighted by atomic mass is 16.6. The van der Waals surface area contributed by atoms with Crippen LogP contribution in [0.1, 0.15) is 18.4 Å². The van der Waals surface area contributed by atoms with Crippen molar-refractivity contribution in [2.75, 3.05) is 16.8 Å². The Bertz CT molecular complexity index is 892. The molecule has 26 heavy (non-hydrogen) atoms. The molecule has 1 heterocycles. The number of nitrogens with zero attached hydrogens (tertiary/aromatic N) is 2. The predicted molar refractivity (Wildman–Crippen MR) is 98.8 cm³/mol. The van der Waals surface area contributed by atoms with Crippen LogP contribution in [0.25, 0.3) is 6.08 Å². The number of nitrogens with one attached hydrogen (secondary N) is 1. The molecule has 1 saturated heterocycles. The fourth-order valence-electron chi connectivity index (χ4n) is 2.85. The molecule has 7 nitrogen and oxygen atoms in total. The van der Waals surface area contributed by atoms with E-state index in [0.29, 0.717) is 29.9 Å². The molecule has 1 N–H and O–H groups in total. The van der Waals surface area contributed by atoms with Crippen LogP contribution >= 0.6 is 0 Å². The van der Waals surface area contributed by atoms with Gasteiger partial charge in [0.05, 0.1) is 21.9 Å². The van der Waals surface area contributed by atoms with Crippen molar-refractivity contribution in [2.24, 2.45) is 0 Å². The summed E-state index contributed by atoms with van der Waals surface area (Å²) < 4.78 is 0. The number of hydrogen-bond acceptors (Lipinski definition) is 4. The number of hydrogen-bond donors (Lipinski definition) is 1. The first-order chi connectivity index (χ1) is 12.6. The number of nitro groups is 1. The zero-order chi connectivity index (χ0) is 18.5. The van der Waals surface area contributed by atoms with E-state index in [9.17, 15) is 19.7 Å². The molecule has 0 aromatic heterocycles. The van der Waals surface area contributed by atoms with Gasteiger partial charge in [-0.1, -0.05) is 24.3 Å². The Morgan fingerprint density at radius 2 is 1.88 bits per heavy atom. The van der Waals surface area contributed by atoms with E-state index in [4.69, 9.17) is 0 Å². The Hall–Kier alpha value is -3.48. The van der Waals surface area contributed by atoms with Crippen molar-refractivity contribution < 1.29 is 14.5 Å². The minimum absolute atomic E-state index is 0.0298. The van der Waals surface area contributed by atoms with Gasteiger partial charge in [0.2, 0.25) is 11.8 Å². The minimum atomic E-state index is -0.494. The number of carbonyl (C=O) groups excluding carboxylic acids is 2. The molecule has 0 radical (unpaired) electrons. The molecule has 2 amide bonds. The molecule has 1 aliphatic rings. The molecule has 132 valence electrons. The van der Waals surface area contributed by atoms with Crippen molar-refractivity contribution in [3.8, 4) is 0 Å². The van der Waals surface area contributed by atoms with Gasteiger partial charge >= 0.3 is 0 Å². The van der Waals surface area contributed by atoms with Crippen molar-refractivity contribution in [3.05, 3.63) is 70.3 Å². The third-order valence-corrected chi connectivity index (χ3v) is 4.07. The van der Waals surface area contributed by atoms with E-state index in [1.165, 1.54) is 18.2 Å². The molecule has 0 aliphatic carbocycles. The van der Waals surface area contributed by atoms with E-state index >= 15 is 0 Å². The maximum Gasteiger partial charge on any atom is 0.276 e.